The van der Waals surface area contributed by atoms with E-state index in [-0.39, 0.29) is 10.6 Å². The van der Waals surface area contributed by atoms with Crippen molar-refractivity contribution in [3.63, 3.8) is 0 Å². The minimum absolute atomic E-state index is 0.110. The van der Waals surface area contributed by atoms with Crippen molar-refractivity contribution in [2.24, 2.45) is 0 Å². The zero-order valence-corrected chi connectivity index (χ0v) is 12.7. The van der Waals surface area contributed by atoms with Crippen molar-refractivity contribution in [1.82, 2.24) is 4.98 Å². The summed E-state index contributed by atoms with van der Waals surface area (Å²) in [6.45, 7) is 1.89. The summed E-state index contributed by atoms with van der Waals surface area (Å²) >= 11 is 0. The van der Waals surface area contributed by atoms with Crippen LogP contribution in [0.5, 0.6) is 5.75 Å². The van der Waals surface area contributed by atoms with Gasteiger partial charge in [-0.15, -0.1) is 0 Å². The molecule has 0 saturated carbocycles. The van der Waals surface area contributed by atoms with Crippen molar-refractivity contribution in [2.75, 3.05) is 5.73 Å². The van der Waals surface area contributed by atoms with Crippen LogP contribution < -0.4 is 9.92 Å². The molecule has 112 valence electrons. The molecule has 0 aliphatic rings. The van der Waals surface area contributed by atoms with E-state index in [1.165, 1.54) is 12.1 Å². The van der Waals surface area contributed by atoms with Crippen LogP contribution in [-0.2, 0) is 10.1 Å². The Balaban J connectivity index is 1.96. The second-order valence-electron chi connectivity index (χ2n) is 4.94. The summed E-state index contributed by atoms with van der Waals surface area (Å²) in [7, 11) is -3.87. The molecule has 1 aromatic heterocycles. The van der Waals surface area contributed by atoms with Crippen LogP contribution in [0.4, 0.5) is 5.82 Å². The molecule has 5 nitrogen and oxygen atoms in total. The maximum absolute atomic E-state index is 12.2. The zero-order chi connectivity index (χ0) is 15.7. The summed E-state index contributed by atoms with van der Waals surface area (Å²) in [5.41, 5.74) is 7.19. The summed E-state index contributed by atoms with van der Waals surface area (Å²) in [6, 6.07) is 14.9. The van der Waals surface area contributed by atoms with Crippen molar-refractivity contribution in [2.45, 2.75) is 11.8 Å². The second kappa shape index (κ2) is 5.31. The molecule has 0 radical (unpaired) electrons. The lowest BCUT2D eigenvalue weighted by Gasteiger charge is -2.08. The van der Waals surface area contributed by atoms with Crippen LogP contribution in [0.25, 0.3) is 10.9 Å². The minimum Gasteiger partial charge on any atom is -0.384 e. The lowest BCUT2D eigenvalue weighted by molar-refractivity contribution is 0.486. The number of fused-ring (bicyclic) bond motifs is 1. The van der Waals surface area contributed by atoms with Crippen LogP contribution in [-0.4, -0.2) is 13.4 Å². The minimum atomic E-state index is -3.87. The summed E-state index contributed by atoms with van der Waals surface area (Å²) in [5, 5.41) is 0.856. The number of nitrogen functional groups attached to an aromatic ring is 1. The molecule has 3 rings (SSSR count). The number of anilines is 1. The van der Waals surface area contributed by atoms with E-state index in [1.54, 1.807) is 36.4 Å². The third kappa shape index (κ3) is 2.87. The molecule has 0 aliphatic carbocycles. The third-order valence-electron chi connectivity index (χ3n) is 3.20. The van der Waals surface area contributed by atoms with Gasteiger partial charge in [-0.2, -0.15) is 8.42 Å². The standard InChI is InChI=1S/C16H14N2O3S/c1-11-2-7-14(8-3-11)22(19,20)21-13-6-4-12-5-9-16(17)18-15(12)10-13/h2-10H,1H3,(H2,17,18). The maximum Gasteiger partial charge on any atom is 0.339 e. The molecule has 1 heterocycles. The molecule has 0 amide bonds. The fourth-order valence-electron chi connectivity index (χ4n) is 2.04. The normalized spacial score (nSPS) is 11.5. The molecule has 2 N–H and O–H groups in total. The largest absolute Gasteiger partial charge is 0.384 e. The smallest absolute Gasteiger partial charge is 0.339 e. The van der Waals surface area contributed by atoms with Gasteiger partial charge in [0.1, 0.15) is 16.5 Å². The molecule has 0 fully saturated rings. The molecule has 0 aliphatic heterocycles. The summed E-state index contributed by atoms with van der Waals surface area (Å²) in [5.74, 6) is 0.567. The summed E-state index contributed by atoms with van der Waals surface area (Å²) in [4.78, 5) is 4.26. The van der Waals surface area contributed by atoms with Gasteiger partial charge in [-0.25, -0.2) is 4.98 Å². The lowest BCUT2D eigenvalue weighted by atomic mass is 10.2. The summed E-state index contributed by atoms with van der Waals surface area (Å²) < 4.78 is 29.7. The van der Waals surface area contributed by atoms with Gasteiger partial charge in [-0.05, 0) is 43.3 Å². The van der Waals surface area contributed by atoms with Gasteiger partial charge >= 0.3 is 10.1 Å². The first-order valence-corrected chi connectivity index (χ1v) is 8.02. The highest BCUT2D eigenvalue weighted by Gasteiger charge is 2.16. The highest BCUT2D eigenvalue weighted by Crippen LogP contribution is 2.23. The van der Waals surface area contributed by atoms with Gasteiger partial charge in [0.15, 0.2) is 0 Å². The number of pyridine rings is 1. The Kier molecular flexibility index (Phi) is 3.46. The van der Waals surface area contributed by atoms with E-state index in [0.29, 0.717) is 11.3 Å². The zero-order valence-electron chi connectivity index (χ0n) is 11.9. The second-order valence-corrected chi connectivity index (χ2v) is 6.49. The Morgan fingerprint density at radius 2 is 1.68 bits per heavy atom. The SMILES string of the molecule is Cc1ccc(S(=O)(=O)Oc2ccc3ccc(N)nc3c2)cc1. The van der Waals surface area contributed by atoms with Crippen LogP contribution in [0.3, 0.4) is 0 Å². The first-order valence-electron chi connectivity index (χ1n) is 6.61. The third-order valence-corrected chi connectivity index (χ3v) is 4.46. The molecule has 22 heavy (non-hydrogen) atoms. The van der Waals surface area contributed by atoms with Crippen molar-refractivity contribution >= 4 is 26.8 Å². The molecule has 6 heteroatoms. The van der Waals surface area contributed by atoms with Crippen LogP contribution in [0.15, 0.2) is 59.5 Å². The quantitative estimate of drug-likeness (QED) is 0.752. The number of benzene rings is 2. The van der Waals surface area contributed by atoms with Gasteiger partial charge in [0.25, 0.3) is 0 Å². The van der Waals surface area contributed by atoms with Crippen LogP contribution >= 0.6 is 0 Å². The van der Waals surface area contributed by atoms with E-state index in [4.69, 9.17) is 9.92 Å². The first kappa shape index (κ1) is 14.3. The Bertz CT molecular complexity index is 935. The van der Waals surface area contributed by atoms with Gasteiger partial charge in [-0.1, -0.05) is 17.7 Å². The molecule has 0 bridgehead atoms. The number of hydrogen-bond acceptors (Lipinski definition) is 5. The molecule has 0 atom stereocenters. The molecule has 0 saturated heterocycles. The number of aromatic nitrogens is 1. The van der Waals surface area contributed by atoms with E-state index < -0.39 is 10.1 Å². The monoisotopic (exact) mass is 314 g/mol. The van der Waals surface area contributed by atoms with Crippen LogP contribution in [0.1, 0.15) is 5.56 Å². The number of aryl methyl sites for hydroxylation is 1. The van der Waals surface area contributed by atoms with Crippen molar-refractivity contribution in [3.8, 4) is 5.75 Å². The van der Waals surface area contributed by atoms with Crippen molar-refractivity contribution in [3.05, 3.63) is 60.2 Å². The van der Waals surface area contributed by atoms with Gasteiger partial charge in [0.2, 0.25) is 0 Å². The fourth-order valence-corrected chi connectivity index (χ4v) is 2.97. The Hall–Kier alpha value is -2.60. The topological polar surface area (TPSA) is 82.3 Å². The molecule has 0 spiro atoms. The number of nitrogens with two attached hydrogens (primary N) is 1. The van der Waals surface area contributed by atoms with E-state index >= 15 is 0 Å². The van der Waals surface area contributed by atoms with Crippen molar-refractivity contribution in [1.29, 1.82) is 0 Å². The molecular weight excluding hydrogens is 300 g/mol. The van der Waals surface area contributed by atoms with Gasteiger partial charge in [-0.3, -0.25) is 0 Å². The molecule has 0 unspecified atom stereocenters. The number of nitrogens with zero attached hydrogens (tertiary/aromatic N) is 1. The molecular formula is C16H14N2O3S. The molecule has 3 aromatic rings. The highest BCUT2D eigenvalue weighted by molar-refractivity contribution is 7.87. The Morgan fingerprint density at radius 3 is 2.41 bits per heavy atom. The molecule has 2 aromatic carbocycles. The van der Waals surface area contributed by atoms with Gasteiger partial charge < -0.3 is 9.92 Å². The number of hydrogen-bond donors (Lipinski definition) is 1. The lowest BCUT2D eigenvalue weighted by Crippen LogP contribution is -2.09. The van der Waals surface area contributed by atoms with E-state index in [2.05, 4.69) is 4.98 Å². The van der Waals surface area contributed by atoms with Crippen molar-refractivity contribution < 1.29 is 12.6 Å². The van der Waals surface area contributed by atoms with E-state index in [9.17, 15) is 8.42 Å². The van der Waals surface area contributed by atoms with Crippen LogP contribution in [0.2, 0.25) is 0 Å². The number of rotatable bonds is 3. The van der Waals surface area contributed by atoms with Crippen LogP contribution in [0, 0.1) is 6.92 Å². The first-order chi connectivity index (χ1) is 10.4. The predicted octanol–water partition coefficient (Wildman–Crippen LogP) is 2.89. The maximum atomic E-state index is 12.2. The average molecular weight is 314 g/mol. The average Bonchev–Trinajstić information content (AvgIpc) is 2.47. The fraction of sp³-hybridized carbons (Fsp3) is 0.0625. The Morgan fingerprint density at radius 1 is 1.00 bits per heavy atom. The van der Waals surface area contributed by atoms with E-state index in [0.717, 1.165) is 10.9 Å². The van der Waals surface area contributed by atoms with Gasteiger partial charge in [0.05, 0.1) is 5.52 Å². The summed E-state index contributed by atoms with van der Waals surface area (Å²) in [6.07, 6.45) is 0. The predicted molar refractivity (Wildman–Crippen MR) is 85.1 cm³/mol. The van der Waals surface area contributed by atoms with Gasteiger partial charge in [0, 0.05) is 11.5 Å². The highest BCUT2D eigenvalue weighted by atomic mass is 32.2. The van der Waals surface area contributed by atoms with E-state index in [1.807, 2.05) is 13.0 Å². The Labute approximate surface area is 128 Å².